The van der Waals surface area contributed by atoms with Gasteiger partial charge in [0.2, 0.25) is 0 Å². The molecule has 0 bridgehead atoms. The van der Waals surface area contributed by atoms with Gasteiger partial charge in [-0.05, 0) is 12.5 Å². The van der Waals surface area contributed by atoms with E-state index >= 15 is 0 Å². The van der Waals surface area contributed by atoms with Crippen molar-refractivity contribution in [3.05, 3.63) is 83.9 Å². The van der Waals surface area contributed by atoms with Crippen molar-refractivity contribution >= 4 is 18.2 Å². The number of halogens is 1. The normalized spacial score (nSPS) is 11.3. The Kier molecular flexibility index (Phi) is 6.86. The number of hydrogen-bond acceptors (Lipinski definition) is 2. The van der Waals surface area contributed by atoms with Gasteiger partial charge >= 0.3 is 0 Å². The highest BCUT2D eigenvalue weighted by atomic mass is 35.5. The van der Waals surface area contributed by atoms with Crippen LogP contribution >= 0.6 is 12.4 Å². The van der Waals surface area contributed by atoms with Crippen LogP contribution in [0.2, 0.25) is 0 Å². The summed E-state index contributed by atoms with van der Waals surface area (Å²) >= 11 is 0. The van der Waals surface area contributed by atoms with Gasteiger partial charge in [-0.15, -0.1) is 12.4 Å². The van der Waals surface area contributed by atoms with Crippen molar-refractivity contribution in [1.82, 2.24) is 5.32 Å². The van der Waals surface area contributed by atoms with Crippen LogP contribution in [0, 0.1) is 0 Å². The van der Waals surface area contributed by atoms with Gasteiger partial charge in [-0.3, -0.25) is 10.1 Å². The minimum atomic E-state index is -0.338. The van der Waals surface area contributed by atoms with Crippen molar-refractivity contribution in [2.45, 2.75) is 13.0 Å². The van der Waals surface area contributed by atoms with E-state index in [1.165, 1.54) is 0 Å². The summed E-state index contributed by atoms with van der Waals surface area (Å²) in [5.74, 6) is 0.0815. The molecule has 1 N–H and O–H groups in total. The first-order chi connectivity index (χ1) is 9.68. The second-order valence-corrected chi connectivity index (χ2v) is 4.91. The number of carbonyl (C=O) groups excluding carboxylic acids is 1. The average molecular weight is 302 g/mol. The summed E-state index contributed by atoms with van der Waals surface area (Å²) in [6.45, 7) is 6.45. The molecule has 2 nitrogen and oxygen atoms in total. The van der Waals surface area contributed by atoms with Gasteiger partial charge in [-0.1, -0.05) is 72.8 Å². The maximum atomic E-state index is 12.7. The van der Waals surface area contributed by atoms with Gasteiger partial charge in [-0.25, -0.2) is 0 Å². The van der Waals surface area contributed by atoms with Gasteiger partial charge in [0.05, 0.1) is 6.04 Å². The van der Waals surface area contributed by atoms with Crippen molar-refractivity contribution in [3.63, 3.8) is 0 Å². The minimum absolute atomic E-state index is 0. The highest BCUT2D eigenvalue weighted by molar-refractivity contribution is 6.00. The first kappa shape index (κ1) is 17.2. The van der Waals surface area contributed by atoms with Crippen LogP contribution in [0.3, 0.4) is 0 Å². The molecule has 0 radical (unpaired) electrons. The van der Waals surface area contributed by atoms with Gasteiger partial charge in [0.1, 0.15) is 0 Å². The summed E-state index contributed by atoms with van der Waals surface area (Å²) in [7, 11) is 0. The van der Waals surface area contributed by atoms with Gasteiger partial charge in [0.15, 0.2) is 5.78 Å². The molecule has 2 aromatic rings. The molecular weight excluding hydrogens is 282 g/mol. The zero-order chi connectivity index (χ0) is 14.4. The lowest BCUT2D eigenvalue weighted by molar-refractivity contribution is 0.0944. The third-order valence-electron chi connectivity index (χ3n) is 3.06. The van der Waals surface area contributed by atoms with E-state index < -0.39 is 0 Å². The molecule has 0 heterocycles. The fourth-order valence-corrected chi connectivity index (χ4v) is 2.05. The Morgan fingerprint density at radius 2 is 1.57 bits per heavy atom. The Balaban J connectivity index is 0.00000220. The van der Waals surface area contributed by atoms with Crippen molar-refractivity contribution in [2.75, 3.05) is 6.54 Å². The number of carbonyl (C=O) groups is 1. The number of hydrogen-bond donors (Lipinski definition) is 1. The van der Waals surface area contributed by atoms with Crippen LogP contribution < -0.4 is 5.32 Å². The molecule has 0 aliphatic rings. The Morgan fingerprint density at radius 1 is 1.05 bits per heavy atom. The largest absolute Gasteiger partial charge is 0.300 e. The lowest BCUT2D eigenvalue weighted by Gasteiger charge is -2.18. The molecule has 1 unspecified atom stereocenters. The monoisotopic (exact) mass is 301 g/mol. The Hall–Kier alpha value is -1.90. The second kappa shape index (κ2) is 8.40. The summed E-state index contributed by atoms with van der Waals surface area (Å²) in [6, 6.07) is 18.8. The van der Waals surface area contributed by atoms with Gasteiger partial charge < -0.3 is 0 Å². The number of nitrogens with one attached hydrogen (secondary N) is 1. The third-order valence-corrected chi connectivity index (χ3v) is 3.06. The number of rotatable bonds is 6. The van der Waals surface area contributed by atoms with E-state index in [9.17, 15) is 4.79 Å². The molecule has 0 aliphatic carbocycles. The standard InChI is InChI=1S/C18H19NO.ClH/c1-14(2)13-19-17(15-9-5-3-6-10-15)18(20)16-11-7-4-8-12-16;/h3-12,17,19H,1,13H2,2H3;1H. The Labute approximate surface area is 132 Å². The van der Waals surface area contributed by atoms with E-state index in [0.717, 1.165) is 16.7 Å². The van der Waals surface area contributed by atoms with Gasteiger partial charge in [-0.2, -0.15) is 0 Å². The van der Waals surface area contributed by atoms with E-state index in [0.29, 0.717) is 6.54 Å². The van der Waals surface area contributed by atoms with Crippen LogP contribution in [0.25, 0.3) is 0 Å². The molecule has 0 saturated heterocycles. The minimum Gasteiger partial charge on any atom is -0.300 e. The molecule has 0 spiro atoms. The summed E-state index contributed by atoms with van der Waals surface area (Å²) in [4.78, 5) is 12.7. The molecule has 2 aromatic carbocycles. The topological polar surface area (TPSA) is 29.1 Å². The van der Waals surface area contributed by atoms with Crippen LogP contribution in [0.4, 0.5) is 0 Å². The number of Topliss-reactive ketones (excluding diaryl/α,β-unsaturated/α-hetero) is 1. The third kappa shape index (κ3) is 4.85. The maximum Gasteiger partial charge on any atom is 0.184 e. The highest BCUT2D eigenvalue weighted by Crippen LogP contribution is 2.18. The molecule has 0 fully saturated rings. The summed E-state index contributed by atoms with van der Waals surface area (Å²) in [5.41, 5.74) is 2.70. The molecule has 1 atom stereocenters. The van der Waals surface area contributed by atoms with E-state index in [-0.39, 0.29) is 24.2 Å². The Morgan fingerprint density at radius 3 is 2.10 bits per heavy atom. The van der Waals surface area contributed by atoms with Crippen molar-refractivity contribution in [2.24, 2.45) is 0 Å². The predicted octanol–water partition coefficient (Wildman–Crippen LogP) is 4.20. The smallest absolute Gasteiger partial charge is 0.184 e. The number of ketones is 1. The molecule has 0 saturated carbocycles. The molecule has 21 heavy (non-hydrogen) atoms. The Bertz CT molecular complexity index is 581. The molecule has 0 aromatic heterocycles. The zero-order valence-electron chi connectivity index (χ0n) is 12.1. The molecule has 110 valence electrons. The average Bonchev–Trinajstić information content (AvgIpc) is 2.49. The number of benzene rings is 2. The molecular formula is C18H20ClNO. The summed E-state index contributed by atoms with van der Waals surface area (Å²) in [6.07, 6.45) is 0. The fourth-order valence-electron chi connectivity index (χ4n) is 2.05. The van der Waals surface area contributed by atoms with Crippen molar-refractivity contribution in [1.29, 1.82) is 0 Å². The van der Waals surface area contributed by atoms with Crippen LogP contribution in [0.1, 0.15) is 28.9 Å². The first-order valence-corrected chi connectivity index (χ1v) is 6.70. The van der Waals surface area contributed by atoms with E-state index in [4.69, 9.17) is 0 Å². The van der Waals surface area contributed by atoms with Crippen LogP contribution in [0.5, 0.6) is 0 Å². The van der Waals surface area contributed by atoms with Crippen LogP contribution in [0.15, 0.2) is 72.8 Å². The zero-order valence-corrected chi connectivity index (χ0v) is 12.9. The van der Waals surface area contributed by atoms with Gasteiger partial charge in [0, 0.05) is 12.1 Å². The maximum absolute atomic E-state index is 12.7. The second-order valence-electron chi connectivity index (χ2n) is 4.91. The van der Waals surface area contributed by atoms with Crippen LogP contribution in [-0.4, -0.2) is 12.3 Å². The highest BCUT2D eigenvalue weighted by Gasteiger charge is 2.20. The first-order valence-electron chi connectivity index (χ1n) is 6.70. The predicted molar refractivity (Wildman–Crippen MR) is 90.0 cm³/mol. The van der Waals surface area contributed by atoms with E-state index in [2.05, 4.69) is 11.9 Å². The van der Waals surface area contributed by atoms with E-state index in [1.807, 2.05) is 67.6 Å². The van der Waals surface area contributed by atoms with Crippen LogP contribution in [-0.2, 0) is 0 Å². The quantitative estimate of drug-likeness (QED) is 0.640. The molecule has 0 aliphatic heterocycles. The molecule has 3 heteroatoms. The van der Waals surface area contributed by atoms with E-state index in [1.54, 1.807) is 0 Å². The summed E-state index contributed by atoms with van der Waals surface area (Å²) < 4.78 is 0. The lowest BCUT2D eigenvalue weighted by Crippen LogP contribution is -2.30. The fraction of sp³-hybridized carbons (Fsp3) is 0.167. The van der Waals surface area contributed by atoms with Gasteiger partial charge in [0.25, 0.3) is 0 Å². The van der Waals surface area contributed by atoms with Crippen molar-refractivity contribution in [3.8, 4) is 0 Å². The van der Waals surface area contributed by atoms with Crippen molar-refractivity contribution < 1.29 is 4.79 Å². The summed E-state index contributed by atoms with van der Waals surface area (Å²) in [5, 5.41) is 3.28. The lowest BCUT2D eigenvalue weighted by atomic mass is 9.97. The molecule has 2 rings (SSSR count). The molecule has 0 amide bonds. The SMILES string of the molecule is C=C(C)CNC(C(=O)c1ccccc1)c1ccccc1.Cl.